The predicted octanol–water partition coefficient (Wildman–Crippen LogP) is 3.98. The van der Waals surface area contributed by atoms with Crippen molar-refractivity contribution in [3.8, 4) is 0 Å². The summed E-state index contributed by atoms with van der Waals surface area (Å²) in [7, 11) is 1.35. The Labute approximate surface area is 195 Å². The number of hydrogen-bond donors (Lipinski definition) is 2. The number of carbonyl (C=O) groups is 3. The Hall–Kier alpha value is -3.09. The molecule has 2 N–H and O–H groups in total. The second-order valence-electron chi connectivity index (χ2n) is 8.66. The minimum absolute atomic E-state index is 0.0157. The van der Waals surface area contributed by atoms with Crippen LogP contribution in [0.1, 0.15) is 83.1 Å². The maximum Gasteiger partial charge on any atom is 0.339 e. The first-order valence-corrected chi connectivity index (χ1v) is 11.9. The number of methoxy groups -OCH3 is 1. The van der Waals surface area contributed by atoms with E-state index in [2.05, 4.69) is 10.3 Å². The first-order chi connectivity index (χ1) is 15.9. The molecule has 1 aromatic heterocycles. The average Bonchev–Trinajstić information content (AvgIpc) is 3.16. The molecule has 7 heteroatoms. The second kappa shape index (κ2) is 11.2. The lowest BCUT2D eigenvalue weighted by molar-refractivity contribution is -0.134. The number of carbonyl (C=O) groups excluding carboxylic acids is 3. The van der Waals surface area contributed by atoms with E-state index in [4.69, 9.17) is 4.74 Å². The van der Waals surface area contributed by atoms with Gasteiger partial charge in [-0.1, -0.05) is 50.6 Å². The van der Waals surface area contributed by atoms with Crippen molar-refractivity contribution in [2.75, 3.05) is 20.2 Å². The van der Waals surface area contributed by atoms with Crippen molar-refractivity contribution in [3.05, 3.63) is 58.4 Å². The number of aromatic amines is 1. The summed E-state index contributed by atoms with van der Waals surface area (Å²) >= 11 is 0. The minimum Gasteiger partial charge on any atom is -0.465 e. The van der Waals surface area contributed by atoms with E-state index in [1.807, 2.05) is 49.1 Å². The fourth-order valence-electron chi connectivity index (χ4n) is 4.71. The maximum absolute atomic E-state index is 13.1. The molecule has 1 aliphatic heterocycles. The molecular formula is C26H35N3O4. The van der Waals surface area contributed by atoms with E-state index in [0.717, 1.165) is 18.4 Å². The monoisotopic (exact) mass is 453 g/mol. The number of nitrogens with one attached hydrogen (secondary N) is 2. The molecule has 1 saturated heterocycles. The van der Waals surface area contributed by atoms with Gasteiger partial charge < -0.3 is 19.9 Å². The zero-order valence-corrected chi connectivity index (χ0v) is 20.1. The molecule has 178 valence electrons. The van der Waals surface area contributed by atoms with Gasteiger partial charge in [-0.25, -0.2) is 4.79 Å². The number of hydrogen-bond acceptors (Lipinski definition) is 4. The molecule has 0 radical (unpaired) electrons. The SMILES string of the molecule is CCCc1c(C(=O)NC2CCN(C(=O)C(CC)c3ccccc3)CC2)[nH]c(C)c1C(=O)OC. The lowest BCUT2D eigenvalue weighted by Crippen LogP contribution is -2.47. The third kappa shape index (κ3) is 5.46. The molecule has 1 aromatic carbocycles. The zero-order valence-electron chi connectivity index (χ0n) is 20.1. The van der Waals surface area contributed by atoms with Crippen molar-refractivity contribution in [2.45, 2.75) is 64.8 Å². The highest BCUT2D eigenvalue weighted by Gasteiger charge is 2.30. The Morgan fingerprint density at radius 3 is 2.39 bits per heavy atom. The van der Waals surface area contributed by atoms with Gasteiger partial charge in [-0.15, -0.1) is 0 Å². The smallest absolute Gasteiger partial charge is 0.339 e. The van der Waals surface area contributed by atoms with Crippen molar-refractivity contribution in [1.82, 2.24) is 15.2 Å². The van der Waals surface area contributed by atoms with Gasteiger partial charge in [-0.2, -0.15) is 0 Å². The fourth-order valence-corrected chi connectivity index (χ4v) is 4.71. The summed E-state index contributed by atoms with van der Waals surface area (Å²) in [5.74, 6) is -0.617. The topological polar surface area (TPSA) is 91.5 Å². The van der Waals surface area contributed by atoms with Crippen LogP contribution >= 0.6 is 0 Å². The van der Waals surface area contributed by atoms with Gasteiger partial charge in [0.2, 0.25) is 5.91 Å². The zero-order chi connectivity index (χ0) is 24.0. The molecule has 0 aliphatic carbocycles. The number of piperidine rings is 1. The van der Waals surface area contributed by atoms with Crippen LogP contribution in [0.25, 0.3) is 0 Å². The Morgan fingerprint density at radius 1 is 1.15 bits per heavy atom. The van der Waals surface area contributed by atoms with E-state index in [1.54, 1.807) is 6.92 Å². The van der Waals surface area contributed by atoms with Gasteiger partial charge in [0.1, 0.15) is 5.69 Å². The van der Waals surface area contributed by atoms with Crippen LogP contribution in [0.15, 0.2) is 30.3 Å². The molecule has 1 unspecified atom stereocenters. The van der Waals surface area contributed by atoms with E-state index in [-0.39, 0.29) is 23.8 Å². The molecule has 1 fully saturated rings. The summed E-state index contributed by atoms with van der Waals surface area (Å²) in [4.78, 5) is 43.4. The van der Waals surface area contributed by atoms with Gasteiger partial charge in [0, 0.05) is 24.8 Å². The summed E-state index contributed by atoms with van der Waals surface area (Å²) in [5.41, 5.74) is 3.29. The van der Waals surface area contributed by atoms with Crippen LogP contribution < -0.4 is 5.32 Å². The third-order valence-corrected chi connectivity index (χ3v) is 6.46. The molecule has 2 amide bonds. The average molecular weight is 454 g/mol. The number of aromatic nitrogens is 1. The molecule has 2 heterocycles. The number of rotatable bonds is 8. The first kappa shape index (κ1) is 24.6. The molecule has 1 atom stereocenters. The van der Waals surface area contributed by atoms with Crippen LogP contribution in [0.5, 0.6) is 0 Å². The van der Waals surface area contributed by atoms with Gasteiger partial charge in [-0.05, 0) is 43.7 Å². The Morgan fingerprint density at radius 2 is 1.82 bits per heavy atom. The quantitative estimate of drug-likeness (QED) is 0.592. The van der Waals surface area contributed by atoms with E-state index < -0.39 is 5.97 Å². The van der Waals surface area contributed by atoms with E-state index in [1.165, 1.54) is 7.11 Å². The largest absolute Gasteiger partial charge is 0.465 e. The van der Waals surface area contributed by atoms with E-state index >= 15 is 0 Å². The van der Waals surface area contributed by atoms with Crippen LogP contribution in [-0.4, -0.2) is 53.9 Å². The van der Waals surface area contributed by atoms with Gasteiger partial charge in [0.25, 0.3) is 5.91 Å². The van der Waals surface area contributed by atoms with Crippen molar-refractivity contribution in [1.29, 1.82) is 0 Å². The predicted molar refractivity (Wildman–Crippen MR) is 127 cm³/mol. The molecular weight excluding hydrogens is 418 g/mol. The van der Waals surface area contributed by atoms with Crippen LogP contribution in [0.4, 0.5) is 0 Å². The van der Waals surface area contributed by atoms with Crippen LogP contribution in [0.3, 0.4) is 0 Å². The Bertz CT molecular complexity index is 975. The first-order valence-electron chi connectivity index (χ1n) is 11.9. The number of aryl methyl sites for hydroxylation is 1. The highest BCUT2D eigenvalue weighted by atomic mass is 16.5. The highest BCUT2D eigenvalue weighted by molar-refractivity contribution is 6.00. The molecule has 33 heavy (non-hydrogen) atoms. The van der Waals surface area contributed by atoms with Crippen molar-refractivity contribution in [3.63, 3.8) is 0 Å². The molecule has 0 spiro atoms. The van der Waals surface area contributed by atoms with Gasteiger partial charge >= 0.3 is 5.97 Å². The van der Waals surface area contributed by atoms with Gasteiger partial charge in [0.05, 0.1) is 18.6 Å². The number of esters is 1. The minimum atomic E-state index is -0.429. The number of nitrogens with zero attached hydrogens (tertiary/aromatic N) is 1. The summed E-state index contributed by atoms with van der Waals surface area (Å²) in [6.07, 6.45) is 3.59. The van der Waals surface area contributed by atoms with E-state index in [9.17, 15) is 14.4 Å². The Kier molecular flexibility index (Phi) is 8.31. The summed E-state index contributed by atoms with van der Waals surface area (Å²) < 4.78 is 4.91. The summed E-state index contributed by atoms with van der Waals surface area (Å²) in [5, 5.41) is 3.11. The van der Waals surface area contributed by atoms with Crippen LogP contribution in [0, 0.1) is 6.92 Å². The number of benzene rings is 1. The number of H-pyrrole nitrogens is 1. The lowest BCUT2D eigenvalue weighted by Gasteiger charge is -2.34. The number of amides is 2. The van der Waals surface area contributed by atoms with Gasteiger partial charge in [0.15, 0.2) is 0 Å². The summed E-state index contributed by atoms with van der Waals surface area (Å²) in [6, 6.07) is 9.89. The second-order valence-corrected chi connectivity index (χ2v) is 8.66. The normalized spacial score (nSPS) is 15.2. The summed E-state index contributed by atoms with van der Waals surface area (Å²) in [6.45, 7) is 7.07. The fraction of sp³-hybridized carbons (Fsp3) is 0.500. The standard InChI is InChI=1S/C26H35N3O4/c1-5-10-21-22(26(32)33-4)17(3)27-23(21)24(30)28-19-13-15-29(16-14-19)25(31)20(6-2)18-11-8-7-9-12-18/h7-9,11-12,19-20,27H,5-6,10,13-16H2,1-4H3,(H,28,30). The van der Waals surface area contributed by atoms with Crippen LogP contribution in [-0.2, 0) is 16.0 Å². The molecule has 2 aromatic rings. The van der Waals surface area contributed by atoms with Crippen molar-refractivity contribution >= 4 is 17.8 Å². The van der Waals surface area contributed by atoms with Crippen molar-refractivity contribution < 1.29 is 19.1 Å². The van der Waals surface area contributed by atoms with Crippen molar-refractivity contribution in [2.24, 2.45) is 0 Å². The molecule has 3 rings (SSSR count). The third-order valence-electron chi connectivity index (χ3n) is 6.46. The Balaban J connectivity index is 1.64. The molecule has 1 aliphatic rings. The van der Waals surface area contributed by atoms with Crippen LogP contribution in [0.2, 0.25) is 0 Å². The van der Waals surface area contributed by atoms with Gasteiger partial charge in [-0.3, -0.25) is 9.59 Å². The van der Waals surface area contributed by atoms with E-state index in [0.29, 0.717) is 54.9 Å². The molecule has 0 saturated carbocycles. The highest BCUT2D eigenvalue weighted by Crippen LogP contribution is 2.25. The molecule has 7 nitrogen and oxygen atoms in total. The molecule has 0 bridgehead atoms. The lowest BCUT2D eigenvalue weighted by atomic mass is 9.93. The number of ether oxygens (including phenoxy) is 1. The maximum atomic E-state index is 13.1. The number of likely N-dealkylation sites (tertiary alicyclic amines) is 1.